The Morgan fingerprint density at radius 2 is 0.850 bits per heavy atom. The first kappa shape index (κ1) is 25.7. The molecule has 0 saturated carbocycles. The highest BCUT2D eigenvalue weighted by atomic mass is 16.5. The highest BCUT2D eigenvalue weighted by Gasteiger charge is 2.36. The van der Waals surface area contributed by atoms with Crippen LogP contribution < -0.4 is 29.8 Å². The Morgan fingerprint density at radius 3 is 1.12 bits per heavy atom. The number of aliphatic hydroxyl groups excluding tert-OH is 2. The number of phenols is 2. The molecule has 0 bridgehead atoms. The number of benzene rings is 6. The first-order chi connectivity index (χ1) is 19.0. The molecule has 0 unspecified atom stereocenters. The van der Waals surface area contributed by atoms with Crippen LogP contribution in [-0.2, 0) is 0 Å². The molecule has 0 amide bonds. The summed E-state index contributed by atoms with van der Waals surface area (Å²) in [5.74, 6) is -0.806. The predicted molar refractivity (Wildman–Crippen MR) is 151 cm³/mol. The van der Waals surface area contributed by atoms with Crippen LogP contribution in [-0.4, -0.2) is 48.9 Å². The summed E-state index contributed by atoms with van der Waals surface area (Å²) in [5.41, 5.74) is -0.717. The summed E-state index contributed by atoms with van der Waals surface area (Å²) in [5, 5.41) is 47.5. The van der Waals surface area contributed by atoms with E-state index in [1.165, 1.54) is 54.4 Å². The molecule has 0 heterocycles. The van der Waals surface area contributed by atoms with E-state index in [1.807, 2.05) is 0 Å². The van der Waals surface area contributed by atoms with E-state index < -0.39 is 34.6 Å². The summed E-state index contributed by atoms with van der Waals surface area (Å²) < 4.78 is 22.6. The molecular weight excluding hydrogens is 520 g/mol. The molecule has 0 aliphatic heterocycles. The SMILES string of the molecule is COc1c(O)c2c(=O)cc(OC)c3c4c(OC)cc(=O)c5c(O)c(OC)c6c([C@@H](C)O)c([C@@H](C)O)c1c(c23)c6c54. The lowest BCUT2D eigenvalue weighted by Crippen LogP contribution is -2.12. The molecule has 6 aromatic carbocycles. The molecule has 0 aliphatic carbocycles. The first-order valence-electron chi connectivity index (χ1n) is 12.5. The fraction of sp³-hybridized carbons (Fsp3) is 0.267. The van der Waals surface area contributed by atoms with Gasteiger partial charge in [-0.2, -0.15) is 0 Å². The number of fused-ring (bicyclic) bond motifs is 1. The molecule has 0 aromatic heterocycles. The van der Waals surface area contributed by atoms with Crippen molar-refractivity contribution in [1.82, 2.24) is 0 Å². The maximum absolute atomic E-state index is 13.5. The molecule has 6 aromatic rings. The minimum atomic E-state index is -1.22. The molecule has 0 fully saturated rings. The van der Waals surface area contributed by atoms with Gasteiger partial charge in [-0.1, -0.05) is 0 Å². The van der Waals surface area contributed by atoms with Crippen molar-refractivity contribution in [3.63, 3.8) is 0 Å². The minimum Gasteiger partial charge on any atom is -0.504 e. The second-order valence-electron chi connectivity index (χ2n) is 9.85. The number of hydrogen-bond acceptors (Lipinski definition) is 10. The Labute approximate surface area is 226 Å². The number of rotatable bonds is 6. The van der Waals surface area contributed by atoms with Gasteiger partial charge in [-0.3, -0.25) is 9.59 Å². The van der Waals surface area contributed by atoms with E-state index in [4.69, 9.17) is 18.9 Å². The monoisotopic (exact) mass is 546 g/mol. The molecule has 40 heavy (non-hydrogen) atoms. The van der Waals surface area contributed by atoms with Gasteiger partial charge in [-0.05, 0) is 25.0 Å². The van der Waals surface area contributed by atoms with E-state index in [1.54, 1.807) is 0 Å². The zero-order valence-corrected chi connectivity index (χ0v) is 22.5. The van der Waals surface area contributed by atoms with Crippen LogP contribution >= 0.6 is 0 Å². The number of ether oxygens (including phenoxy) is 4. The average Bonchev–Trinajstić information content (AvgIpc) is 2.91. The lowest BCUT2D eigenvalue weighted by Gasteiger charge is -2.28. The van der Waals surface area contributed by atoms with E-state index in [-0.39, 0.29) is 66.4 Å². The van der Waals surface area contributed by atoms with Crippen molar-refractivity contribution in [1.29, 1.82) is 0 Å². The van der Waals surface area contributed by atoms with E-state index in [0.717, 1.165) is 0 Å². The Morgan fingerprint density at radius 1 is 0.525 bits per heavy atom. The van der Waals surface area contributed by atoms with Crippen molar-refractivity contribution in [2.45, 2.75) is 26.1 Å². The number of hydrogen-bond donors (Lipinski definition) is 4. The van der Waals surface area contributed by atoms with E-state index >= 15 is 0 Å². The smallest absolute Gasteiger partial charge is 0.194 e. The normalized spacial score (nSPS) is 13.7. The maximum atomic E-state index is 13.5. The molecule has 10 heteroatoms. The third kappa shape index (κ3) is 2.84. The topological polar surface area (TPSA) is 152 Å². The fourth-order valence-electron chi connectivity index (χ4n) is 6.55. The maximum Gasteiger partial charge on any atom is 0.194 e. The van der Waals surface area contributed by atoms with Gasteiger partial charge in [0.05, 0.1) is 51.4 Å². The van der Waals surface area contributed by atoms with Crippen LogP contribution in [0.2, 0.25) is 0 Å². The van der Waals surface area contributed by atoms with Gasteiger partial charge in [0.2, 0.25) is 0 Å². The highest BCUT2D eigenvalue weighted by molar-refractivity contribution is 6.44. The molecule has 0 saturated heterocycles. The van der Waals surface area contributed by atoms with Crippen LogP contribution in [0.1, 0.15) is 37.2 Å². The zero-order chi connectivity index (χ0) is 28.9. The fourth-order valence-corrected chi connectivity index (χ4v) is 6.55. The van der Waals surface area contributed by atoms with Gasteiger partial charge in [0.1, 0.15) is 11.5 Å². The second-order valence-corrected chi connectivity index (χ2v) is 9.85. The molecule has 0 spiro atoms. The van der Waals surface area contributed by atoms with E-state index in [0.29, 0.717) is 21.5 Å². The van der Waals surface area contributed by atoms with E-state index in [2.05, 4.69) is 0 Å². The molecule has 206 valence electrons. The number of phenolic OH excluding ortho intramolecular Hbond substituents is 2. The highest BCUT2D eigenvalue weighted by Crippen LogP contribution is 2.59. The van der Waals surface area contributed by atoms with Gasteiger partial charge < -0.3 is 39.4 Å². The van der Waals surface area contributed by atoms with Crippen molar-refractivity contribution < 1.29 is 39.4 Å². The molecule has 6 rings (SSSR count). The van der Waals surface area contributed by atoms with Crippen LogP contribution in [0.15, 0.2) is 21.7 Å². The quantitative estimate of drug-likeness (QED) is 0.178. The lowest BCUT2D eigenvalue weighted by atomic mass is 9.78. The Bertz CT molecular complexity index is 1960. The van der Waals surface area contributed by atoms with Crippen LogP contribution in [0, 0.1) is 0 Å². The van der Waals surface area contributed by atoms with Gasteiger partial charge in [-0.25, -0.2) is 0 Å². The van der Waals surface area contributed by atoms with Crippen LogP contribution in [0.4, 0.5) is 0 Å². The number of methoxy groups -OCH3 is 4. The number of aliphatic hydroxyl groups is 2. The standard InChI is InChI=1S/C30H26O10/c1-9(31)15-16(10(2)32)26-24-22-18(28(36)30(26)40-6)12(34)8-14(38-4)20(22)19-13(37-3)7-11(33)17-21(19)23(24)25(15)29(39-5)27(17)35/h7-10,31-32,35-36H,1-6H3/t9-,10-/m1/s1. The van der Waals surface area contributed by atoms with Gasteiger partial charge in [0.25, 0.3) is 0 Å². The summed E-state index contributed by atoms with van der Waals surface area (Å²) >= 11 is 0. The summed E-state index contributed by atoms with van der Waals surface area (Å²) in [4.78, 5) is 27.0. The van der Waals surface area contributed by atoms with Gasteiger partial charge in [0.15, 0.2) is 33.9 Å². The number of aromatic hydroxyl groups is 2. The predicted octanol–water partition coefficient (Wildman–Crippen LogP) is 4.04. The van der Waals surface area contributed by atoms with E-state index in [9.17, 15) is 30.0 Å². The minimum absolute atomic E-state index is 0.0677. The molecule has 0 radical (unpaired) electrons. The van der Waals surface area contributed by atoms with Crippen molar-refractivity contribution in [3.05, 3.63) is 43.7 Å². The van der Waals surface area contributed by atoms with Gasteiger partial charge in [0, 0.05) is 55.2 Å². The van der Waals surface area contributed by atoms with Crippen LogP contribution in [0.25, 0.3) is 53.9 Å². The third-order valence-electron chi connectivity index (χ3n) is 7.88. The summed E-state index contributed by atoms with van der Waals surface area (Å²) in [6.45, 7) is 2.98. The zero-order valence-electron chi connectivity index (χ0n) is 22.5. The van der Waals surface area contributed by atoms with Crippen molar-refractivity contribution in [2.75, 3.05) is 28.4 Å². The average molecular weight is 547 g/mol. The molecule has 0 aliphatic rings. The summed E-state index contributed by atoms with van der Waals surface area (Å²) in [6, 6.07) is 2.45. The lowest BCUT2D eigenvalue weighted by molar-refractivity contribution is 0.177. The third-order valence-corrected chi connectivity index (χ3v) is 7.88. The van der Waals surface area contributed by atoms with Crippen molar-refractivity contribution >= 4 is 53.9 Å². The van der Waals surface area contributed by atoms with Crippen molar-refractivity contribution in [2.24, 2.45) is 0 Å². The Kier molecular flexibility index (Phi) is 5.45. The Hall–Kier alpha value is -4.54. The van der Waals surface area contributed by atoms with Gasteiger partial charge >= 0.3 is 0 Å². The van der Waals surface area contributed by atoms with Gasteiger partial charge in [-0.15, -0.1) is 0 Å². The molecule has 2 atom stereocenters. The van der Waals surface area contributed by atoms with Crippen LogP contribution in [0.3, 0.4) is 0 Å². The van der Waals surface area contributed by atoms with Crippen LogP contribution in [0.5, 0.6) is 34.5 Å². The molecule has 4 N–H and O–H groups in total. The Balaban J connectivity index is 2.26. The second kappa shape index (κ2) is 8.48. The van der Waals surface area contributed by atoms with Crippen molar-refractivity contribution in [3.8, 4) is 34.5 Å². The first-order valence-corrected chi connectivity index (χ1v) is 12.5. The largest absolute Gasteiger partial charge is 0.504 e. The summed E-state index contributed by atoms with van der Waals surface area (Å²) in [7, 11) is 5.41. The molecule has 10 nitrogen and oxygen atoms in total. The summed E-state index contributed by atoms with van der Waals surface area (Å²) in [6.07, 6.45) is -2.44. The molecular formula is C30H26O10.